The summed E-state index contributed by atoms with van der Waals surface area (Å²) in [5.41, 5.74) is 9.16. The van der Waals surface area contributed by atoms with Crippen molar-refractivity contribution in [2.24, 2.45) is 0 Å². The molecule has 23 heavy (non-hydrogen) atoms. The monoisotopic (exact) mass is 320 g/mol. The maximum absolute atomic E-state index is 11.2. The van der Waals surface area contributed by atoms with Gasteiger partial charge in [-0.1, -0.05) is 18.2 Å². The first kappa shape index (κ1) is 15.7. The highest BCUT2D eigenvalue weighted by Gasteiger charge is 2.12. The van der Waals surface area contributed by atoms with Crippen LogP contribution in [0.25, 0.3) is 21.6 Å². The average Bonchev–Trinajstić information content (AvgIpc) is 3.00. The highest BCUT2D eigenvalue weighted by molar-refractivity contribution is 7.13. The van der Waals surface area contributed by atoms with Gasteiger partial charge < -0.3 is 0 Å². The SMILES string of the molecule is Cc1cc(-c2c(C)cc(-c3cccs3)cc2C)cc(C)c1C=O. The molecular weight excluding hydrogens is 300 g/mol. The molecule has 2 aromatic carbocycles. The summed E-state index contributed by atoms with van der Waals surface area (Å²) < 4.78 is 0. The number of hydrogen-bond acceptors (Lipinski definition) is 2. The number of hydrogen-bond donors (Lipinski definition) is 0. The molecule has 0 aliphatic rings. The Morgan fingerprint density at radius 1 is 0.826 bits per heavy atom. The normalized spacial score (nSPS) is 10.8. The summed E-state index contributed by atoms with van der Waals surface area (Å²) in [7, 11) is 0. The van der Waals surface area contributed by atoms with Crippen molar-refractivity contribution < 1.29 is 4.79 Å². The van der Waals surface area contributed by atoms with Crippen molar-refractivity contribution in [3.8, 4) is 21.6 Å². The van der Waals surface area contributed by atoms with Gasteiger partial charge in [0.05, 0.1) is 0 Å². The van der Waals surface area contributed by atoms with E-state index in [2.05, 4.69) is 55.6 Å². The van der Waals surface area contributed by atoms with Gasteiger partial charge in [0.1, 0.15) is 0 Å². The first-order chi connectivity index (χ1) is 11.0. The fourth-order valence-electron chi connectivity index (χ4n) is 3.31. The second kappa shape index (κ2) is 6.13. The van der Waals surface area contributed by atoms with Gasteiger partial charge in [-0.25, -0.2) is 0 Å². The standard InChI is InChI=1S/C21H20OS/c1-13-8-18(9-14(2)19(13)12-22)21-15(3)10-17(11-16(21)4)20-6-5-7-23-20/h5-12H,1-4H3. The zero-order valence-corrected chi connectivity index (χ0v) is 14.8. The Morgan fingerprint density at radius 3 is 1.87 bits per heavy atom. The van der Waals surface area contributed by atoms with Crippen molar-refractivity contribution in [1.29, 1.82) is 0 Å². The zero-order valence-electron chi connectivity index (χ0n) is 13.9. The molecule has 0 aliphatic carbocycles. The van der Waals surface area contributed by atoms with Gasteiger partial charge in [0, 0.05) is 10.4 Å². The Labute approximate surface area is 141 Å². The van der Waals surface area contributed by atoms with Crippen LogP contribution in [0, 0.1) is 27.7 Å². The molecule has 2 heteroatoms. The molecule has 3 aromatic rings. The molecule has 0 unspecified atom stereocenters. The maximum Gasteiger partial charge on any atom is 0.150 e. The third-order valence-electron chi connectivity index (χ3n) is 4.34. The average molecular weight is 320 g/mol. The molecule has 0 saturated carbocycles. The molecule has 0 saturated heterocycles. The third kappa shape index (κ3) is 2.87. The lowest BCUT2D eigenvalue weighted by molar-refractivity contribution is 0.112. The number of thiophene rings is 1. The van der Waals surface area contributed by atoms with E-state index in [1.54, 1.807) is 11.3 Å². The number of aldehydes is 1. The Morgan fingerprint density at radius 2 is 1.39 bits per heavy atom. The van der Waals surface area contributed by atoms with Crippen LogP contribution < -0.4 is 0 Å². The van der Waals surface area contributed by atoms with Gasteiger partial charge in [-0.05, 0) is 90.2 Å². The Hall–Kier alpha value is -2.19. The molecular formula is C21H20OS. The van der Waals surface area contributed by atoms with Crippen molar-refractivity contribution in [3.63, 3.8) is 0 Å². The third-order valence-corrected chi connectivity index (χ3v) is 5.26. The fourth-order valence-corrected chi connectivity index (χ4v) is 4.02. The molecule has 0 spiro atoms. The summed E-state index contributed by atoms with van der Waals surface area (Å²) in [4.78, 5) is 12.5. The fraction of sp³-hybridized carbons (Fsp3) is 0.190. The highest BCUT2D eigenvalue weighted by atomic mass is 32.1. The van der Waals surface area contributed by atoms with E-state index in [1.807, 2.05) is 13.8 Å². The van der Waals surface area contributed by atoms with Crippen LogP contribution in [-0.2, 0) is 0 Å². The van der Waals surface area contributed by atoms with Crippen LogP contribution in [0.15, 0.2) is 41.8 Å². The van der Waals surface area contributed by atoms with Crippen molar-refractivity contribution in [2.75, 3.05) is 0 Å². The number of aryl methyl sites for hydroxylation is 4. The molecule has 1 heterocycles. The quantitative estimate of drug-likeness (QED) is 0.531. The van der Waals surface area contributed by atoms with Crippen molar-refractivity contribution in [3.05, 3.63) is 69.6 Å². The van der Waals surface area contributed by atoms with Crippen molar-refractivity contribution in [1.82, 2.24) is 0 Å². The van der Waals surface area contributed by atoms with Gasteiger partial charge in [-0.15, -0.1) is 11.3 Å². The van der Waals surface area contributed by atoms with Crippen LogP contribution in [0.5, 0.6) is 0 Å². The second-order valence-electron chi connectivity index (χ2n) is 6.10. The van der Waals surface area contributed by atoms with E-state index in [4.69, 9.17) is 0 Å². The van der Waals surface area contributed by atoms with Gasteiger partial charge in [0.2, 0.25) is 0 Å². The molecule has 1 nitrogen and oxygen atoms in total. The molecule has 1 aromatic heterocycles. The molecule has 0 amide bonds. The van der Waals surface area contributed by atoms with Crippen LogP contribution in [0.4, 0.5) is 0 Å². The van der Waals surface area contributed by atoms with Crippen LogP contribution in [0.3, 0.4) is 0 Å². The van der Waals surface area contributed by atoms with Gasteiger partial charge in [0.25, 0.3) is 0 Å². The molecule has 0 atom stereocenters. The van der Waals surface area contributed by atoms with E-state index >= 15 is 0 Å². The largest absolute Gasteiger partial charge is 0.298 e. The zero-order chi connectivity index (χ0) is 16.6. The summed E-state index contributed by atoms with van der Waals surface area (Å²) in [6.07, 6.45) is 0.952. The van der Waals surface area contributed by atoms with Crippen molar-refractivity contribution in [2.45, 2.75) is 27.7 Å². The van der Waals surface area contributed by atoms with Crippen LogP contribution in [0.2, 0.25) is 0 Å². The minimum atomic E-state index is 0.805. The molecule has 0 aliphatic heterocycles. The van der Waals surface area contributed by atoms with Crippen molar-refractivity contribution >= 4 is 17.6 Å². The molecule has 116 valence electrons. The smallest absolute Gasteiger partial charge is 0.150 e. The number of carbonyl (C=O) groups is 1. The van der Waals surface area contributed by atoms with Gasteiger partial charge in [-0.3, -0.25) is 4.79 Å². The van der Waals surface area contributed by atoms with E-state index in [0.717, 1.165) is 23.0 Å². The molecule has 0 bridgehead atoms. The predicted molar refractivity (Wildman–Crippen MR) is 99.5 cm³/mol. The topological polar surface area (TPSA) is 17.1 Å². The molecule has 0 fully saturated rings. The van der Waals surface area contributed by atoms with Crippen LogP contribution in [0.1, 0.15) is 32.6 Å². The maximum atomic E-state index is 11.2. The highest BCUT2D eigenvalue weighted by Crippen LogP contribution is 2.35. The van der Waals surface area contributed by atoms with E-state index in [9.17, 15) is 4.79 Å². The van der Waals surface area contributed by atoms with Crippen LogP contribution >= 0.6 is 11.3 Å². The lowest BCUT2D eigenvalue weighted by Gasteiger charge is -2.15. The minimum Gasteiger partial charge on any atom is -0.298 e. The number of rotatable bonds is 3. The van der Waals surface area contributed by atoms with Crippen LogP contribution in [-0.4, -0.2) is 6.29 Å². The second-order valence-corrected chi connectivity index (χ2v) is 7.05. The first-order valence-corrected chi connectivity index (χ1v) is 8.61. The lowest BCUT2D eigenvalue weighted by Crippen LogP contribution is -1.96. The summed E-state index contributed by atoms with van der Waals surface area (Å²) in [6, 6.07) is 13.0. The minimum absolute atomic E-state index is 0.805. The van der Waals surface area contributed by atoms with E-state index < -0.39 is 0 Å². The Balaban J connectivity index is 2.16. The molecule has 0 N–H and O–H groups in total. The number of carbonyl (C=O) groups excluding carboxylic acids is 1. The van der Waals surface area contributed by atoms with Gasteiger partial charge in [0.15, 0.2) is 6.29 Å². The summed E-state index contributed by atoms with van der Waals surface area (Å²) in [5, 5.41) is 2.11. The van der Waals surface area contributed by atoms with Gasteiger partial charge >= 0.3 is 0 Å². The molecule has 0 radical (unpaired) electrons. The van der Waals surface area contributed by atoms with E-state index in [-0.39, 0.29) is 0 Å². The Bertz CT molecular complexity index is 827. The first-order valence-electron chi connectivity index (χ1n) is 7.73. The predicted octanol–water partition coefficient (Wildman–Crippen LogP) is 6.13. The van der Waals surface area contributed by atoms with E-state index in [1.165, 1.54) is 32.7 Å². The number of benzene rings is 2. The summed E-state index contributed by atoms with van der Waals surface area (Å²) >= 11 is 1.77. The summed E-state index contributed by atoms with van der Waals surface area (Å²) in [5.74, 6) is 0. The lowest BCUT2D eigenvalue weighted by atomic mass is 9.90. The molecule has 3 rings (SSSR count). The summed E-state index contributed by atoms with van der Waals surface area (Å²) in [6.45, 7) is 8.34. The van der Waals surface area contributed by atoms with Gasteiger partial charge in [-0.2, -0.15) is 0 Å². The van der Waals surface area contributed by atoms with E-state index in [0.29, 0.717) is 0 Å². The Kier molecular flexibility index (Phi) is 4.18.